The maximum absolute atomic E-state index is 5.16. The molecule has 0 saturated heterocycles. The molecule has 4 nitrogen and oxygen atoms in total. The highest BCUT2D eigenvalue weighted by atomic mass is 16.5. The monoisotopic (exact) mass is 219 g/mol. The summed E-state index contributed by atoms with van der Waals surface area (Å²) in [5.41, 5.74) is 2.12. The van der Waals surface area contributed by atoms with Crippen LogP contribution in [0.5, 0.6) is 5.75 Å². The lowest BCUT2D eigenvalue weighted by atomic mass is 9.97. The fourth-order valence-corrected chi connectivity index (χ4v) is 1.65. The Morgan fingerprint density at radius 1 is 1.31 bits per heavy atom. The average Bonchev–Trinajstić information content (AvgIpc) is 2.58. The highest BCUT2D eigenvalue weighted by Crippen LogP contribution is 2.22. The number of aromatic nitrogens is 3. The molecule has 1 aromatic heterocycles. The summed E-state index contributed by atoms with van der Waals surface area (Å²) < 4.78 is 7.09. The zero-order valence-electron chi connectivity index (χ0n) is 10.2. The van der Waals surface area contributed by atoms with Crippen LogP contribution in [0, 0.1) is 5.41 Å². The number of rotatable bonds is 2. The largest absolute Gasteiger partial charge is 0.497 e. The molecular formula is C12H17N3O. The van der Waals surface area contributed by atoms with Crippen molar-refractivity contribution in [1.82, 2.24) is 15.0 Å². The minimum Gasteiger partial charge on any atom is -0.497 e. The third-order valence-electron chi connectivity index (χ3n) is 2.35. The standard InChI is InChI=1S/C12H17N3O/c1-12(2,3)8-15-11-6-5-9(16-4)7-10(11)13-14-15/h5-7H,8H2,1-4H3. The van der Waals surface area contributed by atoms with Gasteiger partial charge in [0.25, 0.3) is 0 Å². The van der Waals surface area contributed by atoms with Crippen molar-refractivity contribution in [3.8, 4) is 5.75 Å². The molecule has 0 atom stereocenters. The van der Waals surface area contributed by atoms with Crippen LogP contribution in [0.25, 0.3) is 11.0 Å². The van der Waals surface area contributed by atoms with E-state index >= 15 is 0 Å². The van der Waals surface area contributed by atoms with Crippen molar-refractivity contribution in [2.24, 2.45) is 5.41 Å². The minimum absolute atomic E-state index is 0.195. The summed E-state index contributed by atoms with van der Waals surface area (Å²) >= 11 is 0. The first-order valence-corrected chi connectivity index (χ1v) is 5.37. The Labute approximate surface area is 95.2 Å². The van der Waals surface area contributed by atoms with Gasteiger partial charge in [-0.15, -0.1) is 5.10 Å². The van der Waals surface area contributed by atoms with Gasteiger partial charge in [-0.25, -0.2) is 4.68 Å². The van der Waals surface area contributed by atoms with E-state index in [1.165, 1.54) is 0 Å². The third kappa shape index (κ3) is 2.15. The molecule has 0 N–H and O–H groups in total. The van der Waals surface area contributed by atoms with E-state index in [1.54, 1.807) is 7.11 Å². The molecule has 0 aliphatic rings. The molecular weight excluding hydrogens is 202 g/mol. The lowest BCUT2D eigenvalue weighted by Crippen LogP contribution is -2.16. The molecule has 0 radical (unpaired) electrons. The first-order chi connectivity index (χ1) is 7.49. The van der Waals surface area contributed by atoms with E-state index in [-0.39, 0.29) is 5.41 Å². The smallest absolute Gasteiger partial charge is 0.121 e. The van der Waals surface area contributed by atoms with Gasteiger partial charge in [-0.05, 0) is 17.5 Å². The second-order valence-electron chi connectivity index (χ2n) is 5.16. The Kier molecular flexibility index (Phi) is 2.58. The molecule has 2 aromatic rings. The van der Waals surface area contributed by atoms with E-state index in [0.717, 1.165) is 23.3 Å². The van der Waals surface area contributed by atoms with Crippen LogP contribution in [-0.4, -0.2) is 22.1 Å². The number of ether oxygens (including phenoxy) is 1. The van der Waals surface area contributed by atoms with Crippen molar-refractivity contribution in [2.45, 2.75) is 27.3 Å². The van der Waals surface area contributed by atoms with E-state index in [2.05, 4.69) is 31.1 Å². The molecule has 86 valence electrons. The van der Waals surface area contributed by atoms with E-state index in [1.807, 2.05) is 22.9 Å². The summed E-state index contributed by atoms with van der Waals surface area (Å²) in [6.07, 6.45) is 0. The van der Waals surface area contributed by atoms with Gasteiger partial charge in [0.05, 0.1) is 12.6 Å². The number of methoxy groups -OCH3 is 1. The van der Waals surface area contributed by atoms with Crippen molar-refractivity contribution < 1.29 is 4.74 Å². The van der Waals surface area contributed by atoms with E-state index < -0.39 is 0 Å². The van der Waals surface area contributed by atoms with Crippen LogP contribution < -0.4 is 4.74 Å². The fourth-order valence-electron chi connectivity index (χ4n) is 1.65. The summed E-state index contributed by atoms with van der Waals surface area (Å²) in [5.74, 6) is 0.815. The molecule has 1 heterocycles. The molecule has 1 aromatic carbocycles. The Balaban J connectivity index is 2.42. The molecule has 0 amide bonds. The van der Waals surface area contributed by atoms with Gasteiger partial charge in [-0.3, -0.25) is 0 Å². The third-order valence-corrected chi connectivity index (χ3v) is 2.35. The van der Waals surface area contributed by atoms with Gasteiger partial charge in [0, 0.05) is 12.6 Å². The van der Waals surface area contributed by atoms with Crippen LogP contribution >= 0.6 is 0 Å². The highest BCUT2D eigenvalue weighted by molar-refractivity contribution is 5.75. The summed E-state index contributed by atoms with van der Waals surface area (Å²) in [5, 5.41) is 8.31. The lowest BCUT2D eigenvalue weighted by Gasteiger charge is -2.17. The average molecular weight is 219 g/mol. The Bertz CT molecular complexity index is 496. The second kappa shape index (κ2) is 3.77. The van der Waals surface area contributed by atoms with Gasteiger partial charge in [0.2, 0.25) is 0 Å². The first kappa shape index (κ1) is 10.9. The number of fused-ring (bicyclic) bond motifs is 1. The van der Waals surface area contributed by atoms with Crippen molar-refractivity contribution in [3.05, 3.63) is 18.2 Å². The predicted octanol–water partition coefficient (Wildman–Crippen LogP) is 2.49. The van der Waals surface area contributed by atoms with Gasteiger partial charge in [-0.2, -0.15) is 0 Å². The molecule has 0 bridgehead atoms. The quantitative estimate of drug-likeness (QED) is 0.779. The Hall–Kier alpha value is -1.58. The zero-order valence-corrected chi connectivity index (χ0v) is 10.2. The van der Waals surface area contributed by atoms with Crippen LogP contribution in [0.15, 0.2) is 18.2 Å². The summed E-state index contributed by atoms with van der Waals surface area (Å²) in [6, 6.07) is 5.84. The number of benzene rings is 1. The van der Waals surface area contributed by atoms with E-state index in [0.29, 0.717) is 0 Å². The van der Waals surface area contributed by atoms with Crippen LogP contribution in [0.1, 0.15) is 20.8 Å². The minimum atomic E-state index is 0.195. The van der Waals surface area contributed by atoms with Crippen LogP contribution in [0.2, 0.25) is 0 Å². The van der Waals surface area contributed by atoms with Crippen molar-refractivity contribution in [3.63, 3.8) is 0 Å². The van der Waals surface area contributed by atoms with Crippen LogP contribution in [0.3, 0.4) is 0 Å². The topological polar surface area (TPSA) is 39.9 Å². The number of hydrogen-bond donors (Lipinski definition) is 0. The molecule has 0 saturated carbocycles. The zero-order chi connectivity index (χ0) is 11.8. The summed E-state index contributed by atoms with van der Waals surface area (Å²) in [7, 11) is 1.65. The molecule has 16 heavy (non-hydrogen) atoms. The first-order valence-electron chi connectivity index (χ1n) is 5.37. The maximum atomic E-state index is 5.16. The molecule has 0 fully saturated rings. The van der Waals surface area contributed by atoms with E-state index in [4.69, 9.17) is 4.74 Å². The Morgan fingerprint density at radius 3 is 2.69 bits per heavy atom. The molecule has 2 rings (SSSR count). The van der Waals surface area contributed by atoms with Crippen molar-refractivity contribution in [1.29, 1.82) is 0 Å². The molecule has 0 aliphatic heterocycles. The molecule has 4 heteroatoms. The summed E-state index contributed by atoms with van der Waals surface area (Å²) in [4.78, 5) is 0. The van der Waals surface area contributed by atoms with Gasteiger partial charge in [0.15, 0.2) is 0 Å². The lowest BCUT2D eigenvalue weighted by molar-refractivity contribution is 0.327. The highest BCUT2D eigenvalue weighted by Gasteiger charge is 2.14. The van der Waals surface area contributed by atoms with Gasteiger partial charge in [0.1, 0.15) is 11.3 Å². The normalized spacial score (nSPS) is 12.0. The summed E-state index contributed by atoms with van der Waals surface area (Å²) in [6.45, 7) is 7.41. The van der Waals surface area contributed by atoms with Gasteiger partial charge < -0.3 is 4.74 Å². The fraction of sp³-hybridized carbons (Fsp3) is 0.500. The SMILES string of the molecule is COc1ccc2c(c1)nnn2CC(C)(C)C. The Morgan fingerprint density at radius 2 is 2.06 bits per heavy atom. The number of nitrogens with zero attached hydrogens (tertiary/aromatic N) is 3. The van der Waals surface area contributed by atoms with Crippen LogP contribution in [0.4, 0.5) is 0 Å². The maximum Gasteiger partial charge on any atom is 0.121 e. The predicted molar refractivity (Wildman–Crippen MR) is 63.5 cm³/mol. The van der Waals surface area contributed by atoms with E-state index in [9.17, 15) is 0 Å². The molecule has 0 spiro atoms. The number of hydrogen-bond acceptors (Lipinski definition) is 3. The molecule has 0 aliphatic carbocycles. The van der Waals surface area contributed by atoms with Gasteiger partial charge >= 0.3 is 0 Å². The van der Waals surface area contributed by atoms with Crippen molar-refractivity contribution in [2.75, 3.05) is 7.11 Å². The molecule has 0 unspecified atom stereocenters. The second-order valence-corrected chi connectivity index (χ2v) is 5.16. The van der Waals surface area contributed by atoms with Crippen LogP contribution in [-0.2, 0) is 6.54 Å². The van der Waals surface area contributed by atoms with Crippen molar-refractivity contribution >= 4 is 11.0 Å². The van der Waals surface area contributed by atoms with Gasteiger partial charge in [-0.1, -0.05) is 26.0 Å².